The number of benzene rings is 3. The second-order valence-electron chi connectivity index (χ2n) is 6.21. The molecule has 0 amide bonds. The summed E-state index contributed by atoms with van der Waals surface area (Å²) in [4.78, 5) is 0. The van der Waals surface area contributed by atoms with E-state index in [1.54, 1.807) is 0 Å². The maximum Gasteiger partial charge on any atom is 0.416 e. The van der Waals surface area contributed by atoms with Gasteiger partial charge in [0, 0.05) is 6.07 Å². The molecule has 0 fully saturated rings. The van der Waals surface area contributed by atoms with Crippen LogP contribution in [0.25, 0.3) is 0 Å². The third-order valence-electron chi connectivity index (χ3n) is 3.90. The Morgan fingerprint density at radius 1 is 0.531 bits per heavy atom. The van der Waals surface area contributed by atoms with Crippen molar-refractivity contribution < 1.29 is 35.8 Å². The fourth-order valence-corrected chi connectivity index (χ4v) is 3.61. The molecule has 3 aromatic rings. The van der Waals surface area contributed by atoms with Crippen molar-refractivity contribution in [2.75, 3.05) is 0 Å². The zero-order valence-corrected chi connectivity index (χ0v) is 18.2. The molecule has 0 saturated carbocycles. The first kappa shape index (κ1) is 24.6. The number of rotatable bonds is 4. The highest BCUT2D eigenvalue weighted by Gasteiger charge is 2.33. The molecule has 0 heterocycles. The van der Waals surface area contributed by atoms with Gasteiger partial charge >= 0.3 is 12.4 Å². The normalized spacial score (nSPS) is 12.1. The fourth-order valence-electron chi connectivity index (χ4n) is 2.48. The molecule has 0 saturated heterocycles. The predicted octanol–water partition coefficient (Wildman–Crippen LogP) is 9.92. The topological polar surface area (TPSA) is 18.5 Å². The van der Waals surface area contributed by atoms with Crippen molar-refractivity contribution in [3.05, 3.63) is 79.7 Å². The van der Waals surface area contributed by atoms with Crippen LogP contribution in [0.2, 0.25) is 20.1 Å². The SMILES string of the molecule is FC(F)(F)c1cc(Cl)c(Oc2cccc(Oc3c(Cl)cc(C(F)(F)F)cc3Cl)c2)c(Cl)c1. The van der Waals surface area contributed by atoms with Gasteiger partial charge in [0.05, 0.1) is 31.2 Å². The minimum atomic E-state index is -4.65. The lowest BCUT2D eigenvalue weighted by Gasteiger charge is -2.15. The summed E-state index contributed by atoms with van der Waals surface area (Å²) in [6.07, 6.45) is -9.31. The molecule has 0 spiro atoms. The summed E-state index contributed by atoms with van der Waals surface area (Å²) in [7, 11) is 0. The minimum Gasteiger partial charge on any atom is -0.454 e. The van der Waals surface area contributed by atoms with Crippen molar-refractivity contribution in [3.63, 3.8) is 0 Å². The Morgan fingerprint density at radius 3 is 1.12 bits per heavy atom. The summed E-state index contributed by atoms with van der Waals surface area (Å²) in [6.45, 7) is 0. The molecular weight excluding hydrogens is 528 g/mol. The number of ether oxygens (including phenoxy) is 2. The average molecular weight is 536 g/mol. The lowest BCUT2D eigenvalue weighted by Crippen LogP contribution is -2.05. The summed E-state index contributed by atoms with van der Waals surface area (Å²) >= 11 is 23.5. The van der Waals surface area contributed by atoms with Gasteiger partial charge < -0.3 is 9.47 Å². The first-order valence-electron chi connectivity index (χ1n) is 8.34. The van der Waals surface area contributed by atoms with Crippen molar-refractivity contribution in [3.8, 4) is 23.0 Å². The predicted molar refractivity (Wildman–Crippen MR) is 110 cm³/mol. The van der Waals surface area contributed by atoms with Gasteiger partial charge in [0.25, 0.3) is 0 Å². The van der Waals surface area contributed by atoms with Gasteiger partial charge in [-0.25, -0.2) is 0 Å². The molecule has 0 N–H and O–H groups in total. The lowest BCUT2D eigenvalue weighted by molar-refractivity contribution is -0.138. The van der Waals surface area contributed by atoms with Gasteiger partial charge in [0.2, 0.25) is 0 Å². The third-order valence-corrected chi connectivity index (χ3v) is 5.02. The Hall–Kier alpha value is -2.00. The highest BCUT2D eigenvalue weighted by Crippen LogP contribution is 2.44. The van der Waals surface area contributed by atoms with Gasteiger partial charge in [0.15, 0.2) is 11.5 Å². The molecule has 0 aromatic heterocycles. The van der Waals surface area contributed by atoms with Crippen molar-refractivity contribution in [1.29, 1.82) is 0 Å². The summed E-state index contributed by atoms with van der Waals surface area (Å²) in [5, 5.41) is -1.54. The molecule has 0 aliphatic carbocycles. The largest absolute Gasteiger partial charge is 0.454 e. The fraction of sp³-hybridized carbons (Fsp3) is 0.100. The maximum atomic E-state index is 12.9. The monoisotopic (exact) mass is 534 g/mol. The molecule has 0 atom stereocenters. The standard InChI is InChI=1S/C20H8Cl4F6O2/c21-13-4-9(19(25,26)27)5-14(22)17(13)31-11-2-1-3-12(8-11)32-18-15(23)6-10(7-16(18)24)20(28,29)30/h1-8H. The average Bonchev–Trinajstić information content (AvgIpc) is 2.66. The van der Waals surface area contributed by atoms with Gasteiger partial charge in [0.1, 0.15) is 11.5 Å². The van der Waals surface area contributed by atoms with Gasteiger partial charge in [-0.05, 0) is 36.4 Å². The third kappa shape index (κ3) is 5.67. The Bertz CT molecular complexity index is 1030. The molecule has 3 rings (SSSR count). The van der Waals surface area contributed by atoms with Crippen molar-refractivity contribution in [1.82, 2.24) is 0 Å². The molecule has 0 radical (unpaired) electrons. The first-order valence-corrected chi connectivity index (χ1v) is 9.85. The first-order chi connectivity index (χ1) is 14.8. The quantitative estimate of drug-likeness (QED) is 0.309. The van der Waals surface area contributed by atoms with Crippen LogP contribution in [0, 0.1) is 0 Å². The van der Waals surface area contributed by atoms with Crippen LogP contribution >= 0.6 is 46.4 Å². The van der Waals surface area contributed by atoms with E-state index in [0.717, 1.165) is 0 Å². The van der Waals surface area contributed by atoms with Gasteiger partial charge in [-0.3, -0.25) is 0 Å². The molecule has 0 aliphatic heterocycles. The Morgan fingerprint density at radius 2 is 0.844 bits per heavy atom. The van der Waals surface area contributed by atoms with E-state index in [-0.39, 0.29) is 43.1 Å². The second kappa shape index (κ2) is 9.09. The number of alkyl halides is 6. The number of halogens is 10. The zero-order chi connectivity index (χ0) is 23.8. The molecule has 170 valence electrons. The van der Waals surface area contributed by atoms with Crippen LogP contribution in [0.3, 0.4) is 0 Å². The van der Waals surface area contributed by atoms with Crippen LogP contribution in [-0.4, -0.2) is 0 Å². The van der Waals surface area contributed by atoms with Crippen LogP contribution in [0.5, 0.6) is 23.0 Å². The van der Waals surface area contributed by atoms with Gasteiger partial charge in [-0.15, -0.1) is 0 Å². The van der Waals surface area contributed by atoms with Crippen LogP contribution in [-0.2, 0) is 12.4 Å². The summed E-state index contributed by atoms with van der Waals surface area (Å²) < 4.78 is 88.1. The second-order valence-corrected chi connectivity index (χ2v) is 7.84. The van der Waals surface area contributed by atoms with Gasteiger partial charge in [-0.1, -0.05) is 52.5 Å². The molecule has 0 bridgehead atoms. The van der Waals surface area contributed by atoms with Crippen LogP contribution in [0.15, 0.2) is 48.5 Å². The smallest absolute Gasteiger partial charge is 0.416 e. The summed E-state index contributed by atoms with van der Waals surface area (Å²) in [5.41, 5.74) is -2.10. The molecule has 0 unspecified atom stereocenters. The van der Waals surface area contributed by atoms with Gasteiger partial charge in [-0.2, -0.15) is 26.3 Å². The zero-order valence-electron chi connectivity index (χ0n) is 15.2. The Balaban J connectivity index is 1.88. The summed E-state index contributed by atoms with van der Waals surface area (Å²) in [5.74, 6) is -0.344. The van der Waals surface area contributed by atoms with E-state index in [9.17, 15) is 26.3 Å². The van der Waals surface area contributed by atoms with E-state index in [4.69, 9.17) is 55.9 Å². The molecule has 12 heteroatoms. The number of hydrogen-bond donors (Lipinski definition) is 0. The molecule has 3 aromatic carbocycles. The van der Waals surface area contributed by atoms with Crippen LogP contribution in [0.1, 0.15) is 11.1 Å². The van der Waals surface area contributed by atoms with Crippen molar-refractivity contribution >= 4 is 46.4 Å². The van der Waals surface area contributed by atoms with E-state index in [1.165, 1.54) is 24.3 Å². The van der Waals surface area contributed by atoms with Crippen LogP contribution < -0.4 is 9.47 Å². The molecule has 0 aliphatic rings. The van der Waals surface area contributed by atoms with Crippen molar-refractivity contribution in [2.45, 2.75) is 12.4 Å². The summed E-state index contributed by atoms with van der Waals surface area (Å²) in [6, 6.07) is 8.21. The number of hydrogen-bond acceptors (Lipinski definition) is 2. The van der Waals surface area contributed by atoms with E-state index >= 15 is 0 Å². The lowest BCUT2D eigenvalue weighted by atomic mass is 10.2. The van der Waals surface area contributed by atoms with E-state index in [1.807, 2.05) is 0 Å². The molecular formula is C20H8Cl4F6O2. The van der Waals surface area contributed by atoms with E-state index in [2.05, 4.69) is 0 Å². The van der Waals surface area contributed by atoms with E-state index in [0.29, 0.717) is 24.3 Å². The van der Waals surface area contributed by atoms with Crippen LogP contribution in [0.4, 0.5) is 26.3 Å². The highest BCUT2D eigenvalue weighted by molar-refractivity contribution is 6.37. The molecule has 32 heavy (non-hydrogen) atoms. The minimum absolute atomic E-state index is 0.0604. The Labute approximate surface area is 197 Å². The van der Waals surface area contributed by atoms with E-state index < -0.39 is 23.5 Å². The Kier molecular flexibility index (Phi) is 7.00. The van der Waals surface area contributed by atoms with Crippen molar-refractivity contribution in [2.24, 2.45) is 0 Å². The maximum absolute atomic E-state index is 12.9. The highest BCUT2D eigenvalue weighted by atomic mass is 35.5. The molecule has 2 nitrogen and oxygen atoms in total.